The van der Waals surface area contributed by atoms with E-state index in [4.69, 9.17) is 5.73 Å². The molecular weight excluding hydrogens is 250 g/mol. The first-order valence-electron chi connectivity index (χ1n) is 7.26. The Balaban J connectivity index is 1.96. The van der Waals surface area contributed by atoms with E-state index in [1.54, 1.807) is 0 Å². The lowest BCUT2D eigenvalue weighted by Crippen LogP contribution is -2.41. The van der Waals surface area contributed by atoms with Gasteiger partial charge in [-0.2, -0.15) is 0 Å². The lowest BCUT2D eigenvalue weighted by molar-refractivity contribution is -0.124. The van der Waals surface area contributed by atoms with Gasteiger partial charge in [0.15, 0.2) is 0 Å². The zero-order valence-electron chi connectivity index (χ0n) is 12.6. The molecule has 1 aromatic rings. The second-order valence-electron chi connectivity index (χ2n) is 6.17. The Labute approximate surface area is 121 Å². The Morgan fingerprint density at radius 2 is 1.95 bits per heavy atom. The van der Waals surface area contributed by atoms with Crippen LogP contribution in [0.3, 0.4) is 0 Å². The zero-order valence-corrected chi connectivity index (χ0v) is 12.6. The summed E-state index contributed by atoms with van der Waals surface area (Å²) in [5, 5.41) is 3.15. The molecule has 110 valence electrons. The highest BCUT2D eigenvalue weighted by Crippen LogP contribution is 2.48. The first kappa shape index (κ1) is 14.9. The van der Waals surface area contributed by atoms with E-state index in [0.717, 1.165) is 37.1 Å². The predicted molar refractivity (Wildman–Crippen MR) is 82.5 cm³/mol. The summed E-state index contributed by atoms with van der Waals surface area (Å²) in [5.74, 6) is 0.161. The van der Waals surface area contributed by atoms with Gasteiger partial charge >= 0.3 is 0 Å². The SMILES string of the molecule is CC(CCN(C)C)NC(=O)C1(c2ccc(N)cc2)CC1. The van der Waals surface area contributed by atoms with Crippen molar-refractivity contribution in [2.75, 3.05) is 26.4 Å². The van der Waals surface area contributed by atoms with Gasteiger partial charge in [-0.15, -0.1) is 0 Å². The van der Waals surface area contributed by atoms with Crippen LogP contribution in [0.25, 0.3) is 0 Å². The molecule has 1 unspecified atom stereocenters. The Morgan fingerprint density at radius 3 is 2.45 bits per heavy atom. The van der Waals surface area contributed by atoms with Crippen LogP contribution < -0.4 is 11.1 Å². The molecule has 1 aliphatic carbocycles. The zero-order chi connectivity index (χ0) is 14.8. The second kappa shape index (κ2) is 5.83. The van der Waals surface area contributed by atoms with Crippen molar-refractivity contribution < 1.29 is 4.79 Å². The summed E-state index contributed by atoms with van der Waals surface area (Å²) in [6.45, 7) is 3.05. The van der Waals surface area contributed by atoms with E-state index in [1.807, 2.05) is 38.4 Å². The molecule has 0 aromatic heterocycles. The third kappa shape index (κ3) is 3.31. The predicted octanol–water partition coefficient (Wildman–Crippen LogP) is 1.76. The number of benzene rings is 1. The Bertz CT molecular complexity index is 463. The minimum Gasteiger partial charge on any atom is -0.399 e. The Morgan fingerprint density at radius 1 is 1.35 bits per heavy atom. The number of rotatable bonds is 6. The summed E-state index contributed by atoms with van der Waals surface area (Å²) in [6, 6.07) is 7.91. The molecule has 1 aromatic carbocycles. The number of carbonyl (C=O) groups is 1. The summed E-state index contributed by atoms with van der Waals surface area (Å²) >= 11 is 0. The molecule has 1 atom stereocenters. The Hall–Kier alpha value is -1.55. The average molecular weight is 275 g/mol. The molecule has 3 N–H and O–H groups in total. The van der Waals surface area contributed by atoms with Crippen LogP contribution in [-0.4, -0.2) is 37.5 Å². The minimum absolute atomic E-state index is 0.161. The number of nitrogens with one attached hydrogen (secondary N) is 1. The summed E-state index contributed by atoms with van der Waals surface area (Å²) < 4.78 is 0. The van der Waals surface area contributed by atoms with Gasteiger partial charge in [-0.05, 0) is 64.5 Å². The van der Waals surface area contributed by atoms with E-state index < -0.39 is 0 Å². The normalized spacial score (nSPS) is 17.8. The molecule has 4 nitrogen and oxygen atoms in total. The monoisotopic (exact) mass is 275 g/mol. The number of nitrogens with zero attached hydrogens (tertiary/aromatic N) is 1. The van der Waals surface area contributed by atoms with Crippen LogP contribution in [0.2, 0.25) is 0 Å². The molecule has 2 rings (SSSR count). The van der Waals surface area contributed by atoms with Crippen LogP contribution in [-0.2, 0) is 10.2 Å². The molecule has 0 aliphatic heterocycles. The lowest BCUT2D eigenvalue weighted by Gasteiger charge is -2.21. The fourth-order valence-electron chi connectivity index (χ4n) is 2.46. The van der Waals surface area contributed by atoms with Crippen molar-refractivity contribution in [2.24, 2.45) is 0 Å². The van der Waals surface area contributed by atoms with Crippen molar-refractivity contribution >= 4 is 11.6 Å². The standard InChI is InChI=1S/C16H25N3O/c1-12(8-11-19(2)3)18-15(20)16(9-10-16)13-4-6-14(17)7-5-13/h4-7,12H,8-11,17H2,1-3H3,(H,18,20). The molecule has 1 amide bonds. The van der Waals surface area contributed by atoms with E-state index >= 15 is 0 Å². The first-order valence-corrected chi connectivity index (χ1v) is 7.26. The highest BCUT2D eigenvalue weighted by Gasteiger charge is 2.51. The van der Waals surface area contributed by atoms with Gasteiger partial charge in [0.25, 0.3) is 0 Å². The van der Waals surface area contributed by atoms with Crippen LogP contribution in [0.15, 0.2) is 24.3 Å². The van der Waals surface area contributed by atoms with Crippen LogP contribution in [0, 0.1) is 0 Å². The van der Waals surface area contributed by atoms with Crippen LogP contribution in [0.5, 0.6) is 0 Å². The fourth-order valence-corrected chi connectivity index (χ4v) is 2.46. The van der Waals surface area contributed by atoms with Gasteiger partial charge in [0.1, 0.15) is 0 Å². The third-order valence-corrected chi connectivity index (χ3v) is 4.03. The molecule has 0 saturated heterocycles. The minimum atomic E-state index is -0.305. The molecule has 0 spiro atoms. The smallest absolute Gasteiger partial charge is 0.230 e. The maximum Gasteiger partial charge on any atom is 0.230 e. The third-order valence-electron chi connectivity index (χ3n) is 4.03. The largest absolute Gasteiger partial charge is 0.399 e. The first-order chi connectivity index (χ1) is 9.44. The van der Waals surface area contributed by atoms with E-state index in [9.17, 15) is 4.79 Å². The quantitative estimate of drug-likeness (QED) is 0.778. The van der Waals surface area contributed by atoms with Crippen molar-refractivity contribution in [1.82, 2.24) is 10.2 Å². The van der Waals surface area contributed by atoms with Crippen LogP contribution in [0.4, 0.5) is 5.69 Å². The number of carbonyl (C=O) groups excluding carboxylic acids is 1. The molecular formula is C16H25N3O. The topological polar surface area (TPSA) is 58.4 Å². The van der Waals surface area contributed by atoms with Crippen LogP contribution in [0.1, 0.15) is 31.7 Å². The number of amides is 1. The van der Waals surface area contributed by atoms with Crippen molar-refractivity contribution in [3.63, 3.8) is 0 Å². The molecule has 1 fully saturated rings. The summed E-state index contributed by atoms with van der Waals surface area (Å²) in [5.41, 5.74) is 7.23. The molecule has 0 bridgehead atoms. The molecule has 20 heavy (non-hydrogen) atoms. The molecule has 4 heteroatoms. The molecule has 0 radical (unpaired) electrons. The van der Waals surface area contributed by atoms with E-state index in [2.05, 4.69) is 17.1 Å². The number of nitrogens with two attached hydrogens (primary N) is 1. The maximum atomic E-state index is 12.5. The number of nitrogen functional groups attached to an aromatic ring is 1. The molecule has 1 aliphatic rings. The van der Waals surface area contributed by atoms with Gasteiger partial charge < -0.3 is 16.0 Å². The van der Waals surface area contributed by atoms with Crippen molar-refractivity contribution in [3.8, 4) is 0 Å². The van der Waals surface area contributed by atoms with E-state index in [0.29, 0.717) is 0 Å². The van der Waals surface area contributed by atoms with Crippen molar-refractivity contribution in [3.05, 3.63) is 29.8 Å². The van der Waals surface area contributed by atoms with Gasteiger partial charge in [-0.1, -0.05) is 12.1 Å². The highest BCUT2D eigenvalue weighted by atomic mass is 16.2. The van der Waals surface area contributed by atoms with E-state index in [1.165, 1.54) is 0 Å². The summed E-state index contributed by atoms with van der Waals surface area (Å²) in [6.07, 6.45) is 2.84. The number of hydrogen-bond donors (Lipinski definition) is 2. The summed E-state index contributed by atoms with van der Waals surface area (Å²) in [4.78, 5) is 14.6. The maximum absolute atomic E-state index is 12.5. The highest BCUT2D eigenvalue weighted by molar-refractivity contribution is 5.91. The lowest BCUT2D eigenvalue weighted by atomic mass is 9.94. The van der Waals surface area contributed by atoms with Gasteiger partial charge in [0, 0.05) is 11.7 Å². The molecule has 1 saturated carbocycles. The van der Waals surface area contributed by atoms with Gasteiger partial charge in [0.05, 0.1) is 5.41 Å². The molecule has 0 heterocycles. The van der Waals surface area contributed by atoms with Crippen molar-refractivity contribution in [2.45, 2.75) is 37.6 Å². The van der Waals surface area contributed by atoms with E-state index in [-0.39, 0.29) is 17.4 Å². The second-order valence-corrected chi connectivity index (χ2v) is 6.17. The Kier molecular flexibility index (Phi) is 4.33. The average Bonchev–Trinajstić information content (AvgIpc) is 3.18. The van der Waals surface area contributed by atoms with Crippen molar-refractivity contribution in [1.29, 1.82) is 0 Å². The van der Waals surface area contributed by atoms with Gasteiger partial charge in [-0.3, -0.25) is 4.79 Å². The van der Waals surface area contributed by atoms with Gasteiger partial charge in [-0.25, -0.2) is 0 Å². The summed E-state index contributed by atoms with van der Waals surface area (Å²) in [7, 11) is 4.09. The number of hydrogen-bond acceptors (Lipinski definition) is 3. The number of anilines is 1. The van der Waals surface area contributed by atoms with Crippen LogP contribution >= 0.6 is 0 Å². The fraction of sp³-hybridized carbons (Fsp3) is 0.562. The van der Waals surface area contributed by atoms with Gasteiger partial charge in [0.2, 0.25) is 5.91 Å².